The Balaban J connectivity index is 1.78. The van der Waals surface area contributed by atoms with E-state index >= 15 is 0 Å². The molecule has 4 nitrogen and oxygen atoms in total. The molecule has 3 aromatic rings. The molecule has 0 aliphatic heterocycles. The number of rotatable bonds is 4. The quantitative estimate of drug-likeness (QED) is 0.794. The number of amides is 1. The van der Waals surface area contributed by atoms with Crippen molar-refractivity contribution in [2.75, 3.05) is 7.11 Å². The molecule has 1 N–H and O–H groups in total. The molecule has 0 spiro atoms. The number of pyridine rings is 1. The van der Waals surface area contributed by atoms with Crippen LogP contribution in [-0.2, 0) is 6.54 Å². The summed E-state index contributed by atoms with van der Waals surface area (Å²) in [5.74, 6) is 0.0180. The standard InChI is InChI=1S/C17H15FN2O2S/c1-10-15-12(18)4-3-5-13(15)23-16(10)17(21)20-9-11-6-7-14(22-2)19-8-11/h3-8H,9H2,1-2H3,(H,20,21). The predicted molar refractivity (Wildman–Crippen MR) is 88.5 cm³/mol. The number of aromatic nitrogens is 1. The fourth-order valence-corrected chi connectivity index (χ4v) is 3.51. The van der Waals surface area contributed by atoms with Crippen molar-refractivity contribution in [1.29, 1.82) is 0 Å². The van der Waals surface area contributed by atoms with Gasteiger partial charge in [-0.15, -0.1) is 11.3 Å². The van der Waals surface area contributed by atoms with E-state index < -0.39 is 0 Å². The van der Waals surface area contributed by atoms with Crippen LogP contribution < -0.4 is 10.1 Å². The highest BCUT2D eigenvalue weighted by atomic mass is 32.1. The first-order valence-corrected chi connectivity index (χ1v) is 7.86. The minimum atomic E-state index is -0.297. The molecule has 0 aliphatic carbocycles. The van der Waals surface area contributed by atoms with Crippen molar-refractivity contribution >= 4 is 27.3 Å². The topological polar surface area (TPSA) is 51.2 Å². The van der Waals surface area contributed by atoms with Gasteiger partial charge in [0.25, 0.3) is 5.91 Å². The molecule has 0 aliphatic rings. The number of thiophene rings is 1. The fraction of sp³-hybridized carbons (Fsp3) is 0.176. The average molecular weight is 330 g/mol. The molecule has 0 unspecified atom stereocenters. The average Bonchev–Trinajstić information content (AvgIpc) is 2.91. The summed E-state index contributed by atoms with van der Waals surface area (Å²) in [7, 11) is 1.55. The van der Waals surface area contributed by atoms with Gasteiger partial charge in [-0.05, 0) is 30.2 Å². The molecule has 0 radical (unpaired) electrons. The Morgan fingerprint density at radius 1 is 1.35 bits per heavy atom. The molecule has 23 heavy (non-hydrogen) atoms. The zero-order valence-corrected chi connectivity index (χ0v) is 13.5. The summed E-state index contributed by atoms with van der Waals surface area (Å²) in [6.45, 7) is 2.12. The highest BCUT2D eigenvalue weighted by Crippen LogP contribution is 2.32. The second-order valence-electron chi connectivity index (χ2n) is 5.06. The molecule has 1 aromatic carbocycles. The normalized spacial score (nSPS) is 10.7. The van der Waals surface area contributed by atoms with Crippen LogP contribution in [0, 0.1) is 12.7 Å². The van der Waals surface area contributed by atoms with Gasteiger partial charge in [0, 0.05) is 28.9 Å². The van der Waals surface area contributed by atoms with Crippen LogP contribution in [0.5, 0.6) is 5.88 Å². The molecule has 0 saturated carbocycles. The number of methoxy groups -OCH3 is 1. The summed E-state index contributed by atoms with van der Waals surface area (Å²) in [6.07, 6.45) is 1.65. The van der Waals surface area contributed by atoms with Crippen molar-refractivity contribution in [2.45, 2.75) is 13.5 Å². The molecule has 0 bridgehead atoms. The molecule has 2 aromatic heterocycles. The molecule has 1 amide bonds. The van der Waals surface area contributed by atoms with Gasteiger partial charge in [-0.3, -0.25) is 4.79 Å². The zero-order chi connectivity index (χ0) is 16.4. The van der Waals surface area contributed by atoms with Crippen molar-refractivity contribution in [3.63, 3.8) is 0 Å². The van der Waals surface area contributed by atoms with Crippen LogP contribution >= 0.6 is 11.3 Å². The minimum absolute atomic E-state index is 0.209. The SMILES string of the molecule is COc1ccc(CNC(=O)c2sc3cccc(F)c3c2C)cn1. The number of hydrogen-bond acceptors (Lipinski definition) is 4. The van der Waals surface area contributed by atoms with E-state index in [2.05, 4.69) is 10.3 Å². The molecular weight excluding hydrogens is 315 g/mol. The third-order valence-electron chi connectivity index (χ3n) is 3.57. The van der Waals surface area contributed by atoms with Gasteiger partial charge < -0.3 is 10.1 Å². The number of carbonyl (C=O) groups excluding carboxylic acids is 1. The summed E-state index contributed by atoms with van der Waals surface area (Å²) in [6, 6.07) is 8.45. The number of benzene rings is 1. The van der Waals surface area contributed by atoms with Gasteiger partial charge in [0.1, 0.15) is 5.82 Å². The maximum absolute atomic E-state index is 13.9. The lowest BCUT2D eigenvalue weighted by Crippen LogP contribution is -2.22. The number of aryl methyl sites for hydroxylation is 1. The van der Waals surface area contributed by atoms with Gasteiger partial charge in [-0.2, -0.15) is 0 Å². The summed E-state index contributed by atoms with van der Waals surface area (Å²) < 4.78 is 19.7. The Bertz CT molecular complexity index is 859. The molecule has 0 fully saturated rings. The number of fused-ring (bicyclic) bond motifs is 1. The van der Waals surface area contributed by atoms with Gasteiger partial charge in [-0.1, -0.05) is 12.1 Å². The first-order valence-electron chi connectivity index (χ1n) is 7.05. The fourth-order valence-electron chi connectivity index (χ4n) is 2.37. The Hall–Kier alpha value is -2.47. The molecule has 0 atom stereocenters. The monoisotopic (exact) mass is 330 g/mol. The number of ether oxygens (including phenoxy) is 1. The van der Waals surface area contributed by atoms with Gasteiger partial charge in [-0.25, -0.2) is 9.37 Å². The molecule has 0 saturated heterocycles. The largest absolute Gasteiger partial charge is 0.481 e. The van der Waals surface area contributed by atoms with Crippen LogP contribution in [-0.4, -0.2) is 18.0 Å². The summed E-state index contributed by atoms with van der Waals surface area (Å²) in [5, 5.41) is 3.36. The van der Waals surface area contributed by atoms with E-state index in [4.69, 9.17) is 4.74 Å². The molecule has 3 rings (SSSR count). The summed E-state index contributed by atoms with van der Waals surface area (Å²) >= 11 is 1.30. The van der Waals surface area contributed by atoms with Gasteiger partial charge in [0.15, 0.2) is 0 Å². The lowest BCUT2D eigenvalue weighted by Gasteiger charge is -2.05. The number of carbonyl (C=O) groups is 1. The maximum Gasteiger partial charge on any atom is 0.261 e. The van der Waals surface area contributed by atoms with E-state index in [9.17, 15) is 9.18 Å². The maximum atomic E-state index is 13.9. The predicted octanol–water partition coefficient (Wildman–Crippen LogP) is 3.68. The number of hydrogen-bond donors (Lipinski definition) is 1. The van der Waals surface area contributed by atoms with Crippen LogP contribution in [0.4, 0.5) is 4.39 Å². The van der Waals surface area contributed by atoms with E-state index in [1.54, 1.807) is 32.4 Å². The zero-order valence-electron chi connectivity index (χ0n) is 12.7. The number of halogens is 1. The van der Waals surface area contributed by atoms with Crippen LogP contribution in [0.1, 0.15) is 20.8 Å². The van der Waals surface area contributed by atoms with E-state index in [0.29, 0.717) is 28.3 Å². The van der Waals surface area contributed by atoms with Crippen molar-refractivity contribution in [3.05, 3.63) is 58.3 Å². The Morgan fingerprint density at radius 3 is 2.83 bits per heavy atom. The van der Waals surface area contributed by atoms with Gasteiger partial charge >= 0.3 is 0 Å². The molecule has 118 valence electrons. The van der Waals surface area contributed by atoms with Crippen LogP contribution in [0.3, 0.4) is 0 Å². The third-order valence-corrected chi connectivity index (χ3v) is 4.82. The van der Waals surface area contributed by atoms with Gasteiger partial charge in [0.05, 0.1) is 12.0 Å². The molecule has 6 heteroatoms. The Kier molecular flexibility index (Phi) is 4.25. The van der Waals surface area contributed by atoms with E-state index in [-0.39, 0.29) is 11.7 Å². The van der Waals surface area contributed by atoms with Crippen LogP contribution in [0.25, 0.3) is 10.1 Å². The molecule has 2 heterocycles. The highest BCUT2D eigenvalue weighted by molar-refractivity contribution is 7.21. The van der Waals surface area contributed by atoms with Crippen LogP contribution in [0.15, 0.2) is 36.5 Å². The molecular formula is C17H15FN2O2S. The van der Waals surface area contributed by atoms with E-state index in [0.717, 1.165) is 10.3 Å². The van der Waals surface area contributed by atoms with Crippen molar-refractivity contribution in [1.82, 2.24) is 10.3 Å². The summed E-state index contributed by atoms with van der Waals surface area (Å²) in [4.78, 5) is 17.0. The second kappa shape index (κ2) is 6.34. The van der Waals surface area contributed by atoms with Crippen molar-refractivity contribution in [2.24, 2.45) is 0 Å². The highest BCUT2D eigenvalue weighted by Gasteiger charge is 2.17. The number of nitrogens with zero attached hydrogens (tertiary/aromatic N) is 1. The van der Waals surface area contributed by atoms with Gasteiger partial charge in [0.2, 0.25) is 5.88 Å². The minimum Gasteiger partial charge on any atom is -0.481 e. The smallest absolute Gasteiger partial charge is 0.261 e. The number of nitrogens with one attached hydrogen (secondary N) is 1. The Morgan fingerprint density at radius 2 is 2.17 bits per heavy atom. The van der Waals surface area contributed by atoms with E-state index in [1.807, 2.05) is 12.1 Å². The summed E-state index contributed by atoms with van der Waals surface area (Å²) in [5.41, 5.74) is 1.54. The van der Waals surface area contributed by atoms with Crippen molar-refractivity contribution < 1.29 is 13.9 Å². The van der Waals surface area contributed by atoms with E-state index in [1.165, 1.54) is 17.4 Å². The Labute approximate surface area is 136 Å². The van der Waals surface area contributed by atoms with Crippen molar-refractivity contribution in [3.8, 4) is 5.88 Å². The first-order chi connectivity index (χ1) is 11.1. The lowest BCUT2D eigenvalue weighted by atomic mass is 10.1. The first kappa shape index (κ1) is 15.4. The lowest BCUT2D eigenvalue weighted by molar-refractivity contribution is 0.0954. The third kappa shape index (κ3) is 3.03. The second-order valence-corrected chi connectivity index (χ2v) is 6.11. The van der Waals surface area contributed by atoms with Crippen LogP contribution in [0.2, 0.25) is 0 Å².